The van der Waals surface area contributed by atoms with Crippen LogP contribution in [0.1, 0.15) is 54.9 Å². The number of hydrogen-bond donors (Lipinski definition) is 0. The molecule has 0 N–H and O–H groups in total. The predicted octanol–water partition coefficient (Wildman–Crippen LogP) is 5.85. The van der Waals surface area contributed by atoms with E-state index in [9.17, 15) is 26.3 Å². The molecule has 2 aliphatic carbocycles. The molecular formula is C28H31F6N9. The van der Waals surface area contributed by atoms with Crippen LogP contribution in [0.5, 0.6) is 0 Å². The van der Waals surface area contributed by atoms with Crippen molar-refractivity contribution in [3.05, 3.63) is 52.7 Å². The van der Waals surface area contributed by atoms with Crippen LogP contribution < -0.4 is 9.80 Å². The van der Waals surface area contributed by atoms with Crippen LogP contribution >= 0.6 is 0 Å². The van der Waals surface area contributed by atoms with Crippen LogP contribution in [0.4, 0.5) is 38.1 Å². The van der Waals surface area contributed by atoms with Crippen molar-refractivity contribution in [1.82, 2.24) is 35.0 Å². The topological polar surface area (TPSA) is 80.8 Å². The Kier molecular flexibility index (Phi) is 7.45. The molecule has 3 heterocycles. The van der Waals surface area contributed by atoms with Gasteiger partial charge >= 0.3 is 12.4 Å². The highest BCUT2D eigenvalue weighted by molar-refractivity contribution is 5.79. The third-order valence-electron chi connectivity index (χ3n) is 7.78. The zero-order chi connectivity index (χ0) is 30.5. The first-order valence-electron chi connectivity index (χ1n) is 14.2. The Morgan fingerprint density at radius 3 is 2.00 bits per heavy atom. The number of fused-ring (bicyclic) bond motifs is 1. The first-order valence-corrected chi connectivity index (χ1v) is 14.2. The molecule has 15 heteroatoms. The van der Waals surface area contributed by atoms with Gasteiger partial charge in [-0.15, -0.1) is 5.10 Å². The summed E-state index contributed by atoms with van der Waals surface area (Å²) < 4.78 is 83.7. The summed E-state index contributed by atoms with van der Waals surface area (Å²) in [5.74, 6) is 1.92. The van der Waals surface area contributed by atoms with Gasteiger partial charge in [-0.1, -0.05) is 5.10 Å². The molecule has 43 heavy (non-hydrogen) atoms. The molecule has 0 atom stereocenters. The summed E-state index contributed by atoms with van der Waals surface area (Å²) in [4.78, 5) is 10.1. The Bertz CT molecular complexity index is 1550. The number of hydrogen-bond acceptors (Lipinski definition) is 7. The van der Waals surface area contributed by atoms with Gasteiger partial charge in [-0.2, -0.15) is 36.2 Å². The molecule has 230 valence electrons. The second-order valence-electron chi connectivity index (χ2n) is 11.5. The fourth-order valence-corrected chi connectivity index (χ4v) is 5.27. The Morgan fingerprint density at radius 2 is 1.49 bits per heavy atom. The Labute approximate surface area is 243 Å². The molecule has 2 aliphatic rings. The van der Waals surface area contributed by atoms with E-state index >= 15 is 0 Å². The van der Waals surface area contributed by atoms with E-state index in [-0.39, 0.29) is 30.7 Å². The van der Waals surface area contributed by atoms with Gasteiger partial charge in [-0.3, -0.25) is 0 Å². The lowest BCUT2D eigenvalue weighted by molar-refractivity contribution is -0.143. The van der Waals surface area contributed by atoms with Crippen molar-refractivity contribution in [1.29, 1.82) is 0 Å². The molecule has 0 unspecified atom stereocenters. The number of rotatable bonds is 11. The normalized spacial score (nSPS) is 15.8. The third-order valence-corrected chi connectivity index (χ3v) is 7.78. The number of tetrazole rings is 1. The molecule has 2 saturated carbocycles. The summed E-state index contributed by atoms with van der Waals surface area (Å²) in [5, 5.41) is 17.4. The number of anilines is 2. The minimum atomic E-state index is -4.96. The minimum absolute atomic E-state index is 0.0692. The summed E-state index contributed by atoms with van der Waals surface area (Å²) in [6.07, 6.45) is -3.66. The summed E-state index contributed by atoms with van der Waals surface area (Å²) in [7, 11) is 1.53. The number of aryl methyl sites for hydroxylation is 2. The number of nitrogens with zero attached hydrogens (tertiary/aromatic N) is 9. The largest absolute Gasteiger partial charge is 0.416 e. The molecule has 4 aromatic rings. The SMILES string of the molecule is CCn1ncc2cc(CN(Cc3cc(C(F)(F)F)cc(C(F)(F)F)c3)c3nnn(C)n3)c(N(CC3CC3)CC3CC3)nc21. The number of halogens is 6. The van der Waals surface area contributed by atoms with Crippen molar-refractivity contribution >= 4 is 22.8 Å². The number of alkyl halides is 6. The number of pyridine rings is 1. The zero-order valence-electron chi connectivity index (χ0n) is 23.7. The number of benzene rings is 1. The van der Waals surface area contributed by atoms with Gasteiger partial charge in [0.2, 0.25) is 0 Å². The van der Waals surface area contributed by atoms with Crippen LogP contribution in [0.3, 0.4) is 0 Å². The van der Waals surface area contributed by atoms with Crippen molar-refractivity contribution in [2.75, 3.05) is 22.9 Å². The van der Waals surface area contributed by atoms with Crippen LogP contribution in [0.2, 0.25) is 0 Å². The standard InChI is InChI=1S/C28H31F6N9/c1-3-43-25-20(12-35-43)10-21(24(36-25)41(13-17-4-5-17)14-18-6-7-18)16-42(26-37-39-40(2)38-26)15-19-8-22(27(29,30)31)11-23(9-19)28(32,33)34/h8-12,17-18H,3-7,13-16H2,1-2H3. The van der Waals surface area contributed by atoms with Crippen LogP contribution in [-0.2, 0) is 39.0 Å². The maximum Gasteiger partial charge on any atom is 0.416 e. The molecule has 2 fully saturated rings. The van der Waals surface area contributed by atoms with Crippen molar-refractivity contribution in [2.45, 2.75) is 64.6 Å². The van der Waals surface area contributed by atoms with Gasteiger partial charge in [-0.05, 0) is 79.5 Å². The average molecular weight is 608 g/mol. The lowest BCUT2D eigenvalue weighted by Crippen LogP contribution is -2.32. The molecule has 3 aromatic heterocycles. The maximum atomic E-state index is 13.6. The van der Waals surface area contributed by atoms with E-state index in [1.54, 1.807) is 10.9 Å². The minimum Gasteiger partial charge on any atom is -0.356 e. The summed E-state index contributed by atoms with van der Waals surface area (Å²) >= 11 is 0. The monoisotopic (exact) mass is 607 g/mol. The number of aromatic nitrogens is 7. The smallest absolute Gasteiger partial charge is 0.356 e. The van der Waals surface area contributed by atoms with Crippen molar-refractivity contribution in [3.63, 3.8) is 0 Å². The van der Waals surface area contributed by atoms with E-state index in [4.69, 9.17) is 4.98 Å². The van der Waals surface area contributed by atoms with Crippen molar-refractivity contribution < 1.29 is 26.3 Å². The van der Waals surface area contributed by atoms with E-state index in [2.05, 4.69) is 25.4 Å². The third kappa shape index (κ3) is 6.69. The molecular weight excluding hydrogens is 576 g/mol. The van der Waals surface area contributed by atoms with Gasteiger partial charge in [0.15, 0.2) is 5.65 Å². The fraction of sp³-hybridized carbons (Fsp3) is 0.536. The Hall–Kier alpha value is -3.91. The van der Waals surface area contributed by atoms with Gasteiger partial charge in [0.05, 0.1) is 24.4 Å². The fourth-order valence-electron chi connectivity index (χ4n) is 5.27. The maximum absolute atomic E-state index is 13.6. The molecule has 0 spiro atoms. The lowest BCUT2D eigenvalue weighted by atomic mass is 10.0. The van der Waals surface area contributed by atoms with E-state index in [0.717, 1.165) is 73.3 Å². The van der Waals surface area contributed by atoms with Crippen LogP contribution in [0, 0.1) is 11.8 Å². The first kappa shape index (κ1) is 29.2. The van der Waals surface area contributed by atoms with Gasteiger partial charge in [0.25, 0.3) is 5.95 Å². The van der Waals surface area contributed by atoms with Gasteiger partial charge in [-0.25, -0.2) is 9.67 Å². The Balaban J connectivity index is 1.43. The molecule has 0 radical (unpaired) electrons. The van der Waals surface area contributed by atoms with Gasteiger partial charge in [0, 0.05) is 43.7 Å². The average Bonchev–Trinajstić information content (AvgIpc) is 3.86. The van der Waals surface area contributed by atoms with Crippen LogP contribution in [-0.4, -0.2) is 48.1 Å². The molecule has 0 aliphatic heterocycles. The van der Waals surface area contributed by atoms with E-state index < -0.39 is 23.5 Å². The zero-order valence-corrected chi connectivity index (χ0v) is 23.7. The molecule has 0 bridgehead atoms. The highest BCUT2D eigenvalue weighted by Crippen LogP contribution is 2.39. The molecule has 0 amide bonds. The molecule has 0 saturated heterocycles. The van der Waals surface area contributed by atoms with Crippen molar-refractivity contribution in [2.24, 2.45) is 18.9 Å². The van der Waals surface area contributed by atoms with Crippen LogP contribution in [0.25, 0.3) is 11.0 Å². The van der Waals surface area contributed by atoms with E-state index in [0.29, 0.717) is 18.4 Å². The van der Waals surface area contributed by atoms with E-state index in [1.807, 2.05) is 13.0 Å². The van der Waals surface area contributed by atoms with Gasteiger partial charge < -0.3 is 9.80 Å². The quantitative estimate of drug-likeness (QED) is 0.198. The van der Waals surface area contributed by atoms with Crippen molar-refractivity contribution in [3.8, 4) is 0 Å². The van der Waals surface area contributed by atoms with E-state index in [1.165, 1.54) is 16.7 Å². The summed E-state index contributed by atoms with van der Waals surface area (Å²) in [6, 6.07) is 3.54. The predicted molar refractivity (Wildman–Crippen MR) is 146 cm³/mol. The Morgan fingerprint density at radius 1 is 0.860 bits per heavy atom. The molecule has 1 aromatic carbocycles. The second kappa shape index (κ2) is 11.0. The molecule has 9 nitrogen and oxygen atoms in total. The second-order valence-corrected chi connectivity index (χ2v) is 11.5. The first-order chi connectivity index (χ1) is 20.4. The summed E-state index contributed by atoms with van der Waals surface area (Å²) in [6.45, 7) is 4.00. The molecule has 6 rings (SSSR count). The van der Waals surface area contributed by atoms with Gasteiger partial charge in [0.1, 0.15) is 5.82 Å². The van der Waals surface area contributed by atoms with Crippen LogP contribution in [0.15, 0.2) is 30.5 Å². The highest BCUT2D eigenvalue weighted by atomic mass is 19.4. The lowest BCUT2D eigenvalue weighted by Gasteiger charge is -2.29. The highest BCUT2D eigenvalue weighted by Gasteiger charge is 2.37. The summed E-state index contributed by atoms with van der Waals surface area (Å²) in [5.41, 5.74) is -1.47.